The van der Waals surface area contributed by atoms with E-state index in [1.807, 2.05) is 54.6 Å². The fourth-order valence-electron chi connectivity index (χ4n) is 6.57. The summed E-state index contributed by atoms with van der Waals surface area (Å²) in [5.74, 6) is -1.53. The third-order valence-electron chi connectivity index (χ3n) is 9.35. The third kappa shape index (κ3) is 9.49. The van der Waals surface area contributed by atoms with E-state index in [0.717, 1.165) is 23.1 Å². The van der Waals surface area contributed by atoms with Crippen molar-refractivity contribution in [1.29, 1.82) is 0 Å². The highest BCUT2D eigenvalue weighted by atomic mass is 19.2. The molecule has 0 nitrogen and oxygen atoms in total. The Labute approximate surface area is 260 Å². The topological polar surface area (TPSA) is 0 Å². The fraction of sp³-hybridized carbons (Fsp3) is 0.463. The molecule has 2 heteroatoms. The number of allylic oxidation sites excluding steroid dienone is 4. The zero-order valence-electron chi connectivity index (χ0n) is 26.7. The molecule has 3 aromatic carbocycles. The molecule has 4 rings (SSSR count). The van der Waals surface area contributed by atoms with Crippen LogP contribution in [0.15, 0.2) is 85.0 Å². The van der Waals surface area contributed by atoms with Crippen LogP contribution in [-0.4, -0.2) is 0 Å². The van der Waals surface area contributed by atoms with Crippen LogP contribution in [0, 0.1) is 17.0 Å². The number of rotatable bonds is 18. The Balaban J connectivity index is 1.42. The van der Waals surface area contributed by atoms with E-state index >= 15 is 8.78 Å². The number of halogens is 2. The highest BCUT2D eigenvalue weighted by Crippen LogP contribution is 2.43. The Morgan fingerprint density at radius 3 is 1.58 bits per heavy atom. The van der Waals surface area contributed by atoms with Gasteiger partial charge in [-0.1, -0.05) is 182 Å². The van der Waals surface area contributed by atoms with E-state index in [1.165, 1.54) is 96.3 Å². The molecule has 1 aliphatic rings. The number of hydrogen-bond donors (Lipinski definition) is 0. The molecule has 0 aliphatic heterocycles. The Hall–Kier alpha value is -3.00. The molecule has 3 aromatic rings. The average Bonchev–Trinajstić information content (AvgIpc) is 3.05. The molecule has 0 amide bonds. The van der Waals surface area contributed by atoms with E-state index in [4.69, 9.17) is 0 Å². The molecule has 0 spiro atoms. The summed E-state index contributed by atoms with van der Waals surface area (Å²) in [7, 11) is 0. The van der Waals surface area contributed by atoms with E-state index in [0.29, 0.717) is 16.7 Å². The van der Waals surface area contributed by atoms with Crippen molar-refractivity contribution in [1.82, 2.24) is 0 Å². The van der Waals surface area contributed by atoms with Crippen LogP contribution in [0.4, 0.5) is 8.78 Å². The van der Waals surface area contributed by atoms with Crippen LogP contribution in [-0.2, 0) is 0 Å². The summed E-state index contributed by atoms with van der Waals surface area (Å²) in [5.41, 5.74) is 4.46. The molecule has 230 valence electrons. The minimum absolute atomic E-state index is 0.146. The van der Waals surface area contributed by atoms with Gasteiger partial charge in [-0.25, -0.2) is 8.78 Å². The first-order valence-corrected chi connectivity index (χ1v) is 17.1. The highest BCUT2D eigenvalue weighted by molar-refractivity contribution is 5.78. The predicted molar refractivity (Wildman–Crippen MR) is 182 cm³/mol. The minimum atomic E-state index is -0.772. The summed E-state index contributed by atoms with van der Waals surface area (Å²) in [4.78, 5) is 0. The number of hydrogen-bond acceptors (Lipinski definition) is 0. The molecule has 43 heavy (non-hydrogen) atoms. The second-order valence-corrected chi connectivity index (χ2v) is 12.7. The van der Waals surface area contributed by atoms with Crippen molar-refractivity contribution in [2.24, 2.45) is 5.41 Å². The van der Waals surface area contributed by atoms with Crippen molar-refractivity contribution < 1.29 is 8.78 Å². The van der Waals surface area contributed by atoms with E-state index in [-0.39, 0.29) is 5.41 Å². The van der Waals surface area contributed by atoms with Crippen molar-refractivity contribution in [3.8, 4) is 22.3 Å². The Bertz CT molecular complexity index is 1300. The summed E-state index contributed by atoms with van der Waals surface area (Å²) in [6.45, 7) is 4.53. The Morgan fingerprint density at radius 2 is 1.02 bits per heavy atom. The van der Waals surface area contributed by atoms with Gasteiger partial charge in [-0.05, 0) is 46.9 Å². The second-order valence-electron chi connectivity index (χ2n) is 12.7. The van der Waals surface area contributed by atoms with Crippen LogP contribution in [0.5, 0.6) is 0 Å². The zero-order valence-corrected chi connectivity index (χ0v) is 26.7. The SMILES string of the molecule is CCCCCCCCCC1(CCCCCCCC)C=CC(c2ccc(-c3ccc(-c4ccccc4)cc3)c(F)c2F)=CC1. The zero-order chi connectivity index (χ0) is 30.3. The smallest absolute Gasteiger partial charge is 0.167 e. The van der Waals surface area contributed by atoms with Gasteiger partial charge in [0.05, 0.1) is 0 Å². The van der Waals surface area contributed by atoms with E-state index < -0.39 is 11.6 Å². The van der Waals surface area contributed by atoms with Crippen LogP contribution < -0.4 is 0 Å². The van der Waals surface area contributed by atoms with Gasteiger partial charge in [0.15, 0.2) is 11.6 Å². The lowest BCUT2D eigenvalue weighted by atomic mass is 9.72. The maximum atomic E-state index is 15.5. The average molecular weight is 583 g/mol. The molecule has 1 aliphatic carbocycles. The number of benzene rings is 3. The molecule has 0 heterocycles. The molecule has 0 fully saturated rings. The predicted octanol–water partition coefficient (Wildman–Crippen LogP) is 13.5. The monoisotopic (exact) mass is 582 g/mol. The van der Waals surface area contributed by atoms with Gasteiger partial charge in [0.25, 0.3) is 0 Å². The maximum absolute atomic E-state index is 15.5. The normalized spacial score (nSPS) is 16.4. The van der Waals surface area contributed by atoms with Gasteiger partial charge in [0.1, 0.15) is 0 Å². The summed E-state index contributed by atoms with van der Waals surface area (Å²) >= 11 is 0. The third-order valence-corrected chi connectivity index (χ3v) is 9.35. The molecule has 0 N–H and O–H groups in total. The molecule has 0 bridgehead atoms. The summed E-state index contributed by atoms with van der Waals surface area (Å²) < 4.78 is 31.0. The van der Waals surface area contributed by atoms with Crippen LogP contribution in [0.25, 0.3) is 27.8 Å². The van der Waals surface area contributed by atoms with Gasteiger partial charge in [-0.15, -0.1) is 0 Å². The maximum Gasteiger partial charge on any atom is 0.167 e. The minimum Gasteiger partial charge on any atom is -0.203 e. The lowest BCUT2D eigenvalue weighted by molar-refractivity contribution is 0.297. The van der Waals surface area contributed by atoms with Crippen molar-refractivity contribution in [2.45, 2.75) is 117 Å². The van der Waals surface area contributed by atoms with Gasteiger partial charge in [-0.2, -0.15) is 0 Å². The first-order valence-electron chi connectivity index (χ1n) is 17.1. The van der Waals surface area contributed by atoms with Gasteiger partial charge < -0.3 is 0 Å². The molecule has 0 saturated heterocycles. The lowest BCUT2D eigenvalue weighted by Crippen LogP contribution is -2.20. The van der Waals surface area contributed by atoms with Gasteiger partial charge >= 0.3 is 0 Å². The number of unbranched alkanes of at least 4 members (excludes halogenated alkanes) is 11. The van der Waals surface area contributed by atoms with Gasteiger partial charge in [0, 0.05) is 11.1 Å². The van der Waals surface area contributed by atoms with Crippen molar-refractivity contribution >= 4 is 5.57 Å². The van der Waals surface area contributed by atoms with Gasteiger partial charge in [0.2, 0.25) is 0 Å². The second kappa shape index (κ2) is 17.3. The lowest BCUT2D eigenvalue weighted by Gasteiger charge is -2.33. The van der Waals surface area contributed by atoms with Gasteiger partial charge in [-0.3, -0.25) is 0 Å². The van der Waals surface area contributed by atoms with E-state index in [2.05, 4.69) is 32.1 Å². The Morgan fingerprint density at radius 1 is 0.535 bits per heavy atom. The van der Waals surface area contributed by atoms with Crippen molar-refractivity contribution in [3.05, 3.63) is 102 Å². The van der Waals surface area contributed by atoms with Crippen molar-refractivity contribution in [3.63, 3.8) is 0 Å². The molecule has 0 saturated carbocycles. The van der Waals surface area contributed by atoms with Crippen LogP contribution >= 0.6 is 0 Å². The largest absolute Gasteiger partial charge is 0.203 e. The van der Waals surface area contributed by atoms with Crippen molar-refractivity contribution in [2.75, 3.05) is 0 Å². The van der Waals surface area contributed by atoms with E-state index in [9.17, 15) is 0 Å². The molecular weight excluding hydrogens is 530 g/mol. The molecule has 1 atom stereocenters. The fourth-order valence-corrected chi connectivity index (χ4v) is 6.57. The molecule has 0 radical (unpaired) electrons. The highest BCUT2D eigenvalue weighted by Gasteiger charge is 2.28. The Kier molecular flexibility index (Phi) is 13.3. The van der Waals surface area contributed by atoms with Crippen LogP contribution in [0.1, 0.15) is 122 Å². The summed E-state index contributed by atoms with van der Waals surface area (Å²) in [5, 5.41) is 0. The molecule has 1 unspecified atom stereocenters. The van der Waals surface area contributed by atoms with Crippen LogP contribution in [0.3, 0.4) is 0 Å². The quantitative estimate of drug-likeness (QED) is 0.131. The summed E-state index contributed by atoms with van der Waals surface area (Å²) in [6.07, 6.45) is 26.8. The molecular formula is C41H52F2. The molecule has 0 aromatic heterocycles. The first-order chi connectivity index (χ1) is 21.1. The first kappa shape index (κ1) is 32.9. The van der Waals surface area contributed by atoms with E-state index in [1.54, 1.807) is 12.1 Å². The van der Waals surface area contributed by atoms with Crippen LogP contribution in [0.2, 0.25) is 0 Å². The summed E-state index contributed by atoms with van der Waals surface area (Å²) in [6, 6.07) is 21.3. The standard InChI is InChI=1S/C41H52F2/c1-3-5-7-9-11-13-18-30-41(29-17-12-10-8-6-4-2)31-27-36(28-32-41)38-26-25-37(39(42)40(38)43)35-23-21-34(22-24-35)33-19-15-14-16-20-33/h14-16,19-28,31H,3-13,17-18,29-30,32H2,1-2H3.